The van der Waals surface area contributed by atoms with Crippen LogP contribution in [-0.4, -0.2) is 22.4 Å². The number of nitrogens with zero attached hydrogens (tertiary/aromatic N) is 2. The second-order valence-corrected chi connectivity index (χ2v) is 5.84. The van der Waals surface area contributed by atoms with E-state index in [2.05, 4.69) is 22.2 Å². The van der Waals surface area contributed by atoms with Crippen LogP contribution in [-0.2, 0) is 11.2 Å². The van der Waals surface area contributed by atoms with Crippen molar-refractivity contribution in [3.05, 3.63) is 24.3 Å². The van der Waals surface area contributed by atoms with Crippen LogP contribution in [0.1, 0.15) is 51.3 Å². The highest BCUT2D eigenvalue weighted by Crippen LogP contribution is 2.29. The van der Waals surface area contributed by atoms with Gasteiger partial charge in [-0.25, -0.2) is 9.97 Å². The summed E-state index contributed by atoms with van der Waals surface area (Å²) >= 11 is 0. The van der Waals surface area contributed by atoms with Crippen LogP contribution in [0, 0.1) is 11.8 Å². The van der Waals surface area contributed by atoms with Gasteiger partial charge in [-0.15, -0.1) is 0 Å². The fourth-order valence-corrected chi connectivity index (χ4v) is 2.92. The van der Waals surface area contributed by atoms with Gasteiger partial charge in [-0.2, -0.15) is 0 Å². The number of amides is 1. The van der Waals surface area contributed by atoms with Gasteiger partial charge in [0.15, 0.2) is 0 Å². The number of carbonyl (C=O) groups is 1. The average molecular weight is 275 g/mol. The first-order valence-electron chi connectivity index (χ1n) is 7.78. The molecular weight excluding hydrogens is 250 g/mol. The Morgan fingerprint density at radius 3 is 2.70 bits per heavy atom. The molecule has 20 heavy (non-hydrogen) atoms. The van der Waals surface area contributed by atoms with Crippen LogP contribution in [0.15, 0.2) is 18.5 Å². The zero-order valence-corrected chi connectivity index (χ0v) is 12.3. The van der Waals surface area contributed by atoms with Crippen LogP contribution in [0.5, 0.6) is 0 Å². The lowest BCUT2D eigenvalue weighted by atomic mass is 9.81. The first kappa shape index (κ1) is 14.9. The van der Waals surface area contributed by atoms with E-state index in [0.717, 1.165) is 18.3 Å². The SMILES string of the molecule is C[C@@H](CNC(=O)CCc1ncccn1)C1CCCCC1. The van der Waals surface area contributed by atoms with Gasteiger partial charge in [-0.05, 0) is 17.9 Å². The van der Waals surface area contributed by atoms with Crippen molar-refractivity contribution < 1.29 is 4.79 Å². The Balaban J connectivity index is 1.64. The van der Waals surface area contributed by atoms with Crippen molar-refractivity contribution in [2.24, 2.45) is 11.8 Å². The number of hydrogen-bond acceptors (Lipinski definition) is 3. The summed E-state index contributed by atoms with van der Waals surface area (Å²) in [6.07, 6.45) is 11.3. The molecule has 0 radical (unpaired) electrons. The van der Waals surface area contributed by atoms with E-state index in [9.17, 15) is 4.79 Å². The van der Waals surface area contributed by atoms with Crippen LogP contribution in [0.4, 0.5) is 0 Å². The number of hydrogen-bond donors (Lipinski definition) is 1. The minimum atomic E-state index is 0.111. The van der Waals surface area contributed by atoms with Crippen molar-refractivity contribution in [3.63, 3.8) is 0 Å². The van der Waals surface area contributed by atoms with E-state index >= 15 is 0 Å². The smallest absolute Gasteiger partial charge is 0.220 e. The van der Waals surface area contributed by atoms with Crippen molar-refractivity contribution in [2.45, 2.75) is 51.9 Å². The topological polar surface area (TPSA) is 54.9 Å². The Hall–Kier alpha value is -1.45. The van der Waals surface area contributed by atoms with Crippen LogP contribution in [0.25, 0.3) is 0 Å². The van der Waals surface area contributed by atoms with Gasteiger partial charge in [0.1, 0.15) is 5.82 Å². The molecule has 110 valence electrons. The average Bonchev–Trinajstić information content (AvgIpc) is 2.52. The molecule has 0 unspecified atom stereocenters. The van der Waals surface area contributed by atoms with Gasteiger partial charge >= 0.3 is 0 Å². The molecule has 0 bridgehead atoms. The Kier molecular flexibility index (Phi) is 5.96. The van der Waals surface area contributed by atoms with Crippen LogP contribution in [0.2, 0.25) is 0 Å². The number of aromatic nitrogens is 2. The molecule has 2 rings (SSSR count). The van der Waals surface area contributed by atoms with E-state index in [-0.39, 0.29) is 5.91 Å². The van der Waals surface area contributed by atoms with Crippen molar-refractivity contribution in [1.29, 1.82) is 0 Å². The third kappa shape index (κ3) is 4.91. The van der Waals surface area contributed by atoms with Gasteiger partial charge in [0, 0.05) is 31.8 Å². The molecule has 1 aliphatic carbocycles. The monoisotopic (exact) mass is 275 g/mol. The molecule has 1 N–H and O–H groups in total. The maximum Gasteiger partial charge on any atom is 0.220 e. The van der Waals surface area contributed by atoms with Gasteiger partial charge < -0.3 is 5.32 Å². The van der Waals surface area contributed by atoms with Crippen molar-refractivity contribution >= 4 is 5.91 Å². The second kappa shape index (κ2) is 7.98. The summed E-state index contributed by atoms with van der Waals surface area (Å²) in [5, 5.41) is 3.06. The molecule has 0 spiro atoms. The highest BCUT2D eigenvalue weighted by molar-refractivity contribution is 5.76. The summed E-state index contributed by atoms with van der Waals surface area (Å²) in [6, 6.07) is 1.79. The normalized spacial score (nSPS) is 17.6. The predicted molar refractivity (Wildman–Crippen MR) is 79.1 cm³/mol. The molecule has 1 atom stereocenters. The molecule has 1 amide bonds. The fourth-order valence-electron chi connectivity index (χ4n) is 2.92. The van der Waals surface area contributed by atoms with E-state index in [4.69, 9.17) is 0 Å². The number of carbonyl (C=O) groups excluding carboxylic acids is 1. The molecule has 1 heterocycles. The van der Waals surface area contributed by atoms with Gasteiger partial charge in [-0.3, -0.25) is 4.79 Å². The summed E-state index contributed by atoms with van der Waals surface area (Å²) in [6.45, 7) is 3.07. The van der Waals surface area contributed by atoms with Crippen LogP contribution >= 0.6 is 0 Å². The second-order valence-electron chi connectivity index (χ2n) is 5.84. The Labute approximate surface area is 121 Å². The first-order chi connectivity index (χ1) is 9.75. The molecule has 0 aliphatic heterocycles. The predicted octanol–water partition coefficient (Wildman–Crippen LogP) is 2.74. The lowest BCUT2D eigenvalue weighted by Gasteiger charge is -2.27. The fraction of sp³-hybridized carbons (Fsp3) is 0.688. The molecule has 1 aromatic heterocycles. The van der Waals surface area contributed by atoms with Crippen molar-refractivity contribution in [2.75, 3.05) is 6.54 Å². The summed E-state index contributed by atoms with van der Waals surface area (Å²) in [4.78, 5) is 20.1. The van der Waals surface area contributed by atoms with Crippen LogP contribution in [0.3, 0.4) is 0 Å². The third-order valence-corrected chi connectivity index (χ3v) is 4.27. The minimum Gasteiger partial charge on any atom is -0.356 e. The number of aryl methyl sites for hydroxylation is 1. The first-order valence-corrected chi connectivity index (χ1v) is 7.78. The minimum absolute atomic E-state index is 0.111. The molecule has 0 saturated heterocycles. The highest BCUT2D eigenvalue weighted by atomic mass is 16.1. The standard InChI is InChI=1S/C16H25N3O/c1-13(14-6-3-2-4-7-14)12-19-16(20)9-8-15-17-10-5-11-18-15/h5,10-11,13-14H,2-4,6-9,12H2,1H3,(H,19,20)/t13-/m0/s1. The van der Waals surface area contributed by atoms with E-state index in [0.29, 0.717) is 18.8 Å². The summed E-state index contributed by atoms with van der Waals surface area (Å²) in [7, 11) is 0. The van der Waals surface area contributed by atoms with Gasteiger partial charge in [0.25, 0.3) is 0 Å². The zero-order chi connectivity index (χ0) is 14.2. The van der Waals surface area contributed by atoms with Crippen molar-refractivity contribution in [3.8, 4) is 0 Å². The lowest BCUT2D eigenvalue weighted by Crippen LogP contribution is -2.32. The van der Waals surface area contributed by atoms with Gasteiger partial charge in [-0.1, -0.05) is 39.0 Å². The lowest BCUT2D eigenvalue weighted by molar-refractivity contribution is -0.121. The maximum atomic E-state index is 11.8. The third-order valence-electron chi connectivity index (χ3n) is 4.27. The quantitative estimate of drug-likeness (QED) is 0.868. The Morgan fingerprint density at radius 2 is 2.00 bits per heavy atom. The molecular formula is C16H25N3O. The number of rotatable bonds is 6. The molecule has 1 saturated carbocycles. The molecule has 4 heteroatoms. The van der Waals surface area contributed by atoms with E-state index in [1.54, 1.807) is 18.5 Å². The van der Waals surface area contributed by atoms with E-state index < -0.39 is 0 Å². The summed E-state index contributed by atoms with van der Waals surface area (Å²) in [5.41, 5.74) is 0. The molecule has 1 fully saturated rings. The molecule has 0 aromatic carbocycles. The number of nitrogens with one attached hydrogen (secondary N) is 1. The van der Waals surface area contributed by atoms with E-state index in [1.165, 1.54) is 32.1 Å². The molecule has 1 aromatic rings. The summed E-state index contributed by atoms with van der Waals surface area (Å²) in [5.74, 6) is 2.23. The van der Waals surface area contributed by atoms with Crippen LogP contribution < -0.4 is 5.32 Å². The Morgan fingerprint density at radius 1 is 1.30 bits per heavy atom. The van der Waals surface area contributed by atoms with Gasteiger partial charge in [0.05, 0.1) is 0 Å². The Bertz CT molecular complexity index is 401. The van der Waals surface area contributed by atoms with Gasteiger partial charge in [0.2, 0.25) is 5.91 Å². The largest absolute Gasteiger partial charge is 0.356 e. The molecule has 4 nitrogen and oxygen atoms in total. The zero-order valence-electron chi connectivity index (χ0n) is 12.3. The maximum absolute atomic E-state index is 11.8. The van der Waals surface area contributed by atoms with Crippen molar-refractivity contribution in [1.82, 2.24) is 15.3 Å². The highest BCUT2D eigenvalue weighted by Gasteiger charge is 2.20. The summed E-state index contributed by atoms with van der Waals surface area (Å²) < 4.78 is 0. The molecule has 1 aliphatic rings. The van der Waals surface area contributed by atoms with E-state index in [1.807, 2.05) is 0 Å².